The minimum absolute atomic E-state index is 0.367. The lowest BCUT2D eigenvalue weighted by Gasteiger charge is -2.14. The van der Waals surface area contributed by atoms with Crippen LogP contribution in [0.2, 0.25) is 0 Å². The van der Waals surface area contributed by atoms with Crippen molar-refractivity contribution in [3.8, 4) is 0 Å². The third-order valence-electron chi connectivity index (χ3n) is 1.80. The molecule has 0 saturated carbocycles. The molecule has 0 N–H and O–H groups in total. The molecule has 0 amide bonds. The first-order valence-electron chi connectivity index (χ1n) is 4.90. The first kappa shape index (κ1) is 12.9. The molecule has 0 atom stereocenters. The van der Waals surface area contributed by atoms with Crippen molar-refractivity contribution in [3.05, 3.63) is 0 Å². The summed E-state index contributed by atoms with van der Waals surface area (Å²) in [6.45, 7) is 5.16. The first-order valence-corrected chi connectivity index (χ1v) is 4.90. The molecular formula is C10H22O3. The topological polar surface area (TPSA) is 27.7 Å². The number of methoxy groups -OCH3 is 2. The lowest BCUT2D eigenvalue weighted by Crippen LogP contribution is -2.20. The van der Waals surface area contributed by atoms with E-state index in [9.17, 15) is 0 Å². The second-order valence-corrected chi connectivity index (χ2v) is 3.21. The van der Waals surface area contributed by atoms with E-state index in [1.165, 1.54) is 6.42 Å². The zero-order valence-corrected chi connectivity index (χ0v) is 9.04. The molecular weight excluding hydrogens is 168 g/mol. The number of rotatable bonds is 9. The van der Waals surface area contributed by atoms with Crippen LogP contribution in [0, 0.1) is 5.92 Å². The molecule has 0 unspecified atom stereocenters. The van der Waals surface area contributed by atoms with Gasteiger partial charge in [-0.1, -0.05) is 13.3 Å². The normalized spacial score (nSPS) is 11.1. The second-order valence-electron chi connectivity index (χ2n) is 3.21. The molecule has 0 fully saturated rings. The predicted molar refractivity (Wildman–Crippen MR) is 53.0 cm³/mol. The SMILES string of the molecule is CCCCOCC(COC)COC. The van der Waals surface area contributed by atoms with Crippen LogP contribution in [-0.4, -0.2) is 40.6 Å². The Morgan fingerprint density at radius 1 is 1.00 bits per heavy atom. The Balaban J connectivity index is 3.33. The van der Waals surface area contributed by atoms with Crippen LogP contribution in [0.25, 0.3) is 0 Å². The zero-order chi connectivity index (χ0) is 9.94. The molecule has 0 aromatic rings. The average Bonchev–Trinajstić information content (AvgIpc) is 2.13. The zero-order valence-electron chi connectivity index (χ0n) is 9.04. The maximum atomic E-state index is 5.48. The van der Waals surface area contributed by atoms with Gasteiger partial charge in [0.1, 0.15) is 0 Å². The van der Waals surface area contributed by atoms with Crippen LogP contribution in [0.15, 0.2) is 0 Å². The number of hydrogen-bond donors (Lipinski definition) is 0. The maximum Gasteiger partial charge on any atom is 0.0538 e. The van der Waals surface area contributed by atoms with E-state index in [0.717, 1.165) is 19.6 Å². The number of unbranched alkanes of at least 4 members (excludes halogenated alkanes) is 1. The summed E-state index contributed by atoms with van der Waals surface area (Å²) in [5.41, 5.74) is 0. The van der Waals surface area contributed by atoms with Gasteiger partial charge in [0.25, 0.3) is 0 Å². The highest BCUT2D eigenvalue weighted by Gasteiger charge is 2.07. The van der Waals surface area contributed by atoms with E-state index in [-0.39, 0.29) is 0 Å². The van der Waals surface area contributed by atoms with Gasteiger partial charge in [0.05, 0.1) is 19.8 Å². The molecule has 0 aliphatic rings. The third kappa shape index (κ3) is 8.22. The van der Waals surface area contributed by atoms with Crippen LogP contribution in [0.5, 0.6) is 0 Å². The molecule has 3 nitrogen and oxygen atoms in total. The smallest absolute Gasteiger partial charge is 0.0538 e. The Kier molecular flexibility index (Phi) is 9.87. The molecule has 0 heterocycles. The highest BCUT2D eigenvalue weighted by atomic mass is 16.5. The molecule has 0 spiro atoms. The van der Waals surface area contributed by atoms with Gasteiger partial charge in [0.2, 0.25) is 0 Å². The summed E-state index contributed by atoms with van der Waals surface area (Å²) < 4.78 is 15.6. The molecule has 0 saturated heterocycles. The van der Waals surface area contributed by atoms with Gasteiger partial charge in [-0.05, 0) is 6.42 Å². The van der Waals surface area contributed by atoms with E-state index in [1.807, 2.05) is 0 Å². The summed E-state index contributed by atoms with van der Waals surface area (Å²) in [5.74, 6) is 0.367. The Morgan fingerprint density at radius 2 is 1.62 bits per heavy atom. The number of ether oxygens (including phenoxy) is 3. The summed E-state index contributed by atoms with van der Waals surface area (Å²) >= 11 is 0. The highest BCUT2D eigenvalue weighted by molar-refractivity contribution is 4.55. The quantitative estimate of drug-likeness (QED) is 0.518. The van der Waals surface area contributed by atoms with Crippen molar-refractivity contribution in [1.82, 2.24) is 0 Å². The standard InChI is InChI=1S/C10H22O3/c1-4-5-6-13-9-10(7-11-2)8-12-3/h10H,4-9H2,1-3H3. The Bertz CT molecular complexity index is 90.2. The van der Waals surface area contributed by atoms with Crippen molar-refractivity contribution in [2.24, 2.45) is 5.92 Å². The monoisotopic (exact) mass is 190 g/mol. The van der Waals surface area contributed by atoms with Crippen molar-refractivity contribution >= 4 is 0 Å². The van der Waals surface area contributed by atoms with E-state index in [1.54, 1.807) is 14.2 Å². The van der Waals surface area contributed by atoms with E-state index < -0.39 is 0 Å². The van der Waals surface area contributed by atoms with Crippen LogP contribution < -0.4 is 0 Å². The van der Waals surface area contributed by atoms with Crippen LogP contribution in [0.3, 0.4) is 0 Å². The molecule has 0 bridgehead atoms. The summed E-state index contributed by atoms with van der Waals surface area (Å²) in [7, 11) is 3.41. The van der Waals surface area contributed by atoms with E-state index in [4.69, 9.17) is 14.2 Å². The van der Waals surface area contributed by atoms with Gasteiger partial charge in [0, 0.05) is 26.7 Å². The summed E-state index contributed by atoms with van der Waals surface area (Å²) in [6.07, 6.45) is 2.31. The second kappa shape index (κ2) is 9.96. The van der Waals surface area contributed by atoms with Crippen LogP contribution in [-0.2, 0) is 14.2 Å². The molecule has 0 aliphatic carbocycles. The molecule has 0 aliphatic heterocycles. The van der Waals surface area contributed by atoms with Crippen molar-refractivity contribution in [3.63, 3.8) is 0 Å². The van der Waals surface area contributed by atoms with Crippen molar-refractivity contribution in [1.29, 1.82) is 0 Å². The summed E-state index contributed by atoms with van der Waals surface area (Å²) in [6, 6.07) is 0. The van der Waals surface area contributed by atoms with Crippen LogP contribution in [0.4, 0.5) is 0 Å². The van der Waals surface area contributed by atoms with E-state index in [0.29, 0.717) is 19.1 Å². The van der Waals surface area contributed by atoms with E-state index >= 15 is 0 Å². The summed E-state index contributed by atoms with van der Waals surface area (Å²) in [5, 5.41) is 0. The van der Waals surface area contributed by atoms with Gasteiger partial charge in [0.15, 0.2) is 0 Å². The maximum absolute atomic E-state index is 5.48. The Labute approximate surface area is 81.4 Å². The first-order chi connectivity index (χ1) is 6.35. The van der Waals surface area contributed by atoms with Crippen molar-refractivity contribution < 1.29 is 14.2 Å². The van der Waals surface area contributed by atoms with Crippen LogP contribution in [0.1, 0.15) is 19.8 Å². The van der Waals surface area contributed by atoms with E-state index in [2.05, 4.69) is 6.92 Å². The largest absolute Gasteiger partial charge is 0.384 e. The molecule has 0 radical (unpaired) electrons. The van der Waals surface area contributed by atoms with Gasteiger partial charge in [-0.15, -0.1) is 0 Å². The average molecular weight is 190 g/mol. The van der Waals surface area contributed by atoms with Crippen molar-refractivity contribution in [2.75, 3.05) is 40.6 Å². The highest BCUT2D eigenvalue weighted by Crippen LogP contribution is 2.00. The fourth-order valence-corrected chi connectivity index (χ4v) is 1.11. The minimum Gasteiger partial charge on any atom is -0.384 e. The molecule has 80 valence electrons. The molecule has 0 aromatic heterocycles. The van der Waals surface area contributed by atoms with Gasteiger partial charge >= 0.3 is 0 Å². The molecule has 0 rings (SSSR count). The molecule has 3 heteroatoms. The molecule has 13 heavy (non-hydrogen) atoms. The lowest BCUT2D eigenvalue weighted by atomic mass is 10.2. The number of hydrogen-bond acceptors (Lipinski definition) is 3. The molecule has 0 aromatic carbocycles. The minimum atomic E-state index is 0.367. The fourth-order valence-electron chi connectivity index (χ4n) is 1.11. The van der Waals surface area contributed by atoms with Gasteiger partial charge in [-0.2, -0.15) is 0 Å². The van der Waals surface area contributed by atoms with Gasteiger partial charge in [-0.25, -0.2) is 0 Å². The third-order valence-corrected chi connectivity index (χ3v) is 1.80. The van der Waals surface area contributed by atoms with Crippen LogP contribution >= 0.6 is 0 Å². The van der Waals surface area contributed by atoms with Gasteiger partial charge < -0.3 is 14.2 Å². The predicted octanol–water partition coefficient (Wildman–Crippen LogP) is 1.71. The van der Waals surface area contributed by atoms with Gasteiger partial charge in [-0.3, -0.25) is 0 Å². The lowest BCUT2D eigenvalue weighted by molar-refractivity contribution is 0.0184. The Hall–Kier alpha value is -0.120. The fraction of sp³-hybridized carbons (Fsp3) is 1.00. The Morgan fingerprint density at radius 3 is 2.08 bits per heavy atom. The van der Waals surface area contributed by atoms with Crippen molar-refractivity contribution in [2.45, 2.75) is 19.8 Å². The summed E-state index contributed by atoms with van der Waals surface area (Å²) in [4.78, 5) is 0.